The summed E-state index contributed by atoms with van der Waals surface area (Å²) in [5, 5.41) is 18.9. The minimum atomic E-state index is -3.76. The van der Waals surface area contributed by atoms with Crippen molar-refractivity contribution in [2.24, 2.45) is 5.14 Å². The molecule has 1 aromatic heterocycles. The number of benzene rings is 2. The van der Waals surface area contributed by atoms with Crippen molar-refractivity contribution in [2.45, 2.75) is 11.3 Å². The number of thiazole rings is 1. The summed E-state index contributed by atoms with van der Waals surface area (Å²) in [6, 6.07) is 15.5. The van der Waals surface area contributed by atoms with E-state index < -0.39 is 10.0 Å². The Morgan fingerprint density at radius 1 is 1.14 bits per heavy atom. The monoisotopic (exact) mass is 426 g/mol. The topological polar surface area (TPSA) is 126 Å². The number of nitrogens with two attached hydrogens (primary N) is 1. The molecule has 148 valence electrons. The maximum atomic E-state index is 11.4. The molecule has 29 heavy (non-hydrogen) atoms. The first-order chi connectivity index (χ1) is 13.9. The molecule has 3 rings (SSSR count). The van der Waals surface area contributed by atoms with E-state index in [2.05, 4.69) is 10.3 Å². The number of nitrogens with zero attached hydrogens (tertiary/aromatic N) is 1. The Hall–Kier alpha value is -3.14. The predicted molar refractivity (Wildman–Crippen MR) is 114 cm³/mol. The number of nitrogens with one attached hydrogen (secondary N) is 2. The molecule has 4 N–H and O–H groups in total. The van der Waals surface area contributed by atoms with E-state index in [4.69, 9.17) is 10.5 Å². The summed E-state index contributed by atoms with van der Waals surface area (Å²) in [7, 11) is -3.76. The van der Waals surface area contributed by atoms with Crippen LogP contribution in [-0.2, 0) is 16.4 Å². The molecule has 0 radical (unpaired) electrons. The van der Waals surface area contributed by atoms with Gasteiger partial charge >= 0.3 is 0 Å². The first-order valence-corrected chi connectivity index (χ1v) is 10.9. The van der Waals surface area contributed by atoms with Gasteiger partial charge in [0.25, 0.3) is 0 Å². The van der Waals surface area contributed by atoms with Gasteiger partial charge in [-0.25, -0.2) is 18.5 Å². The van der Waals surface area contributed by atoms with E-state index in [0.29, 0.717) is 34.8 Å². The summed E-state index contributed by atoms with van der Waals surface area (Å²) in [5.74, 6) is 0. The van der Waals surface area contributed by atoms with Crippen LogP contribution in [0.15, 0.2) is 76.6 Å². The molecule has 0 atom stereocenters. The van der Waals surface area contributed by atoms with Crippen molar-refractivity contribution >= 4 is 38.5 Å². The molecule has 3 aromatic rings. The summed E-state index contributed by atoms with van der Waals surface area (Å²) in [4.78, 5) is 15.0. The normalized spacial score (nSPS) is 11.8. The number of hydrogen-bond donors (Lipinski definition) is 3. The summed E-state index contributed by atoms with van der Waals surface area (Å²) >= 11 is 1.29. The van der Waals surface area contributed by atoms with Crippen molar-refractivity contribution in [3.63, 3.8) is 0 Å². The number of sulfonamides is 1. The van der Waals surface area contributed by atoms with E-state index in [1.54, 1.807) is 23.7 Å². The van der Waals surface area contributed by atoms with Gasteiger partial charge in [0, 0.05) is 18.0 Å². The minimum Gasteiger partial charge on any atom is -0.338 e. The molecule has 0 amide bonds. The van der Waals surface area contributed by atoms with Crippen molar-refractivity contribution in [1.82, 2.24) is 4.98 Å². The van der Waals surface area contributed by atoms with Crippen LogP contribution in [0.4, 0.5) is 5.13 Å². The van der Waals surface area contributed by atoms with E-state index in [9.17, 15) is 13.2 Å². The fraction of sp³-hybridized carbons (Fsp3) is 0.0500. The summed E-state index contributed by atoms with van der Waals surface area (Å²) in [5.41, 5.74) is 2.89. The Kier molecular flexibility index (Phi) is 6.32. The second-order valence-electron chi connectivity index (χ2n) is 6.12. The molecule has 0 aliphatic heterocycles. The molecule has 0 saturated carbocycles. The third-order valence-corrected chi connectivity index (χ3v) is 5.76. The van der Waals surface area contributed by atoms with Gasteiger partial charge in [-0.05, 0) is 28.8 Å². The summed E-state index contributed by atoms with van der Waals surface area (Å²) in [6.45, 7) is 0. The Labute approximate surface area is 172 Å². The average Bonchev–Trinajstić information content (AvgIpc) is 3.19. The average molecular weight is 427 g/mol. The predicted octanol–water partition coefficient (Wildman–Crippen LogP) is 3.21. The zero-order valence-electron chi connectivity index (χ0n) is 15.2. The lowest BCUT2D eigenvalue weighted by Gasteiger charge is -2.11. The van der Waals surface area contributed by atoms with Crippen LogP contribution in [0.25, 0.3) is 0 Å². The molecule has 0 aliphatic carbocycles. The second kappa shape index (κ2) is 8.91. The zero-order chi connectivity index (χ0) is 20.9. The fourth-order valence-corrected chi connectivity index (χ4v) is 3.72. The van der Waals surface area contributed by atoms with Gasteiger partial charge in [0.2, 0.25) is 10.0 Å². The number of primary sulfonamides is 1. The van der Waals surface area contributed by atoms with Gasteiger partial charge < -0.3 is 5.32 Å². The van der Waals surface area contributed by atoms with Crippen molar-refractivity contribution in [1.29, 1.82) is 5.41 Å². The van der Waals surface area contributed by atoms with Crippen LogP contribution in [0.3, 0.4) is 0 Å². The number of hydrogen-bond acceptors (Lipinski definition) is 7. The van der Waals surface area contributed by atoms with E-state index in [1.165, 1.54) is 23.5 Å². The van der Waals surface area contributed by atoms with Crippen LogP contribution >= 0.6 is 11.3 Å². The van der Waals surface area contributed by atoms with E-state index in [0.717, 1.165) is 11.1 Å². The molecular weight excluding hydrogens is 408 g/mol. The third-order valence-electron chi connectivity index (χ3n) is 4.04. The smallest absolute Gasteiger partial charge is 0.238 e. The third kappa shape index (κ3) is 5.44. The number of carbonyl (C=O) groups excluding carboxylic acids is 1. The lowest BCUT2D eigenvalue weighted by molar-refractivity contribution is 0.111. The molecule has 0 fully saturated rings. The Bertz CT molecular complexity index is 1150. The molecule has 9 heteroatoms. The molecule has 0 saturated heterocycles. The number of aromatic nitrogens is 1. The maximum Gasteiger partial charge on any atom is 0.238 e. The van der Waals surface area contributed by atoms with Crippen LogP contribution in [0.5, 0.6) is 0 Å². The van der Waals surface area contributed by atoms with Crippen LogP contribution in [-0.4, -0.2) is 25.4 Å². The van der Waals surface area contributed by atoms with Crippen LogP contribution in [0.1, 0.15) is 21.6 Å². The highest BCUT2D eigenvalue weighted by Gasteiger charge is 2.12. The molecule has 0 unspecified atom stereocenters. The van der Waals surface area contributed by atoms with Crippen molar-refractivity contribution in [2.75, 3.05) is 5.32 Å². The molecular formula is C20H18N4O3S2. The molecule has 0 aliphatic rings. The van der Waals surface area contributed by atoms with E-state index in [1.807, 2.05) is 30.3 Å². The van der Waals surface area contributed by atoms with Crippen LogP contribution in [0.2, 0.25) is 0 Å². The van der Waals surface area contributed by atoms with Gasteiger partial charge in [-0.1, -0.05) is 42.5 Å². The standard InChI is InChI=1S/C20H18N4O3S2/c21-19(15-4-2-1-3-5-15)16(11-23-20-24-17(12-25)13-28-20)10-14-6-8-18(9-7-14)29(22,26)27/h1-9,11-13,21H,10H2,(H,23,24)(H2,22,26,27)/b16-11-,21-19?. The molecule has 0 spiro atoms. The lowest BCUT2D eigenvalue weighted by atomic mass is 9.97. The number of allylic oxidation sites excluding steroid dienone is 1. The van der Waals surface area contributed by atoms with Gasteiger partial charge in [-0.3, -0.25) is 10.2 Å². The van der Waals surface area contributed by atoms with Crippen molar-refractivity contribution in [3.8, 4) is 0 Å². The Balaban J connectivity index is 1.88. The maximum absolute atomic E-state index is 11.4. The summed E-state index contributed by atoms with van der Waals surface area (Å²) < 4.78 is 22.9. The Morgan fingerprint density at radius 2 is 1.83 bits per heavy atom. The number of aldehydes is 1. The Morgan fingerprint density at radius 3 is 2.41 bits per heavy atom. The molecule has 0 bridgehead atoms. The number of rotatable bonds is 8. The zero-order valence-corrected chi connectivity index (χ0v) is 16.8. The van der Waals surface area contributed by atoms with Crippen LogP contribution < -0.4 is 10.5 Å². The number of carbonyl (C=O) groups is 1. The SMILES string of the molecule is N=C(/C(=C\Nc1nc(C=O)cs1)Cc1ccc(S(N)(=O)=O)cc1)c1ccccc1. The van der Waals surface area contributed by atoms with Gasteiger partial charge in [-0.15, -0.1) is 11.3 Å². The van der Waals surface area contributed by atoms with Crippen molar-refractivity contribution < 1.29 is 13.2 Å². The fourth-order valence-electron chi connectivity index (χ4n) is 2.57. The first kappa shape index (κ1) is 20.6. The highest BCUT2D eigenvalue weighted by Crippen LogP contribution is 2.19. The van der Waals surface area contributed by atoms with E-state index >= 15 is 0 Å². The highest BCUT2D eigenvalue weighted by atomic mass is 32.2. The minimum absolute atomic E-state index is 0.0345. The molecule has 7 nitrogen and oxygen atoms in total. The van der Waals surface area contributed by atoms with Gasteiger partial charge in [0.05, 0.1) is 10.6 Å². The lowest BCUT2D eigenvalue weighted by Crippen LogP contribution is -2.12. The van der Waals surface area contributed by atoms with Gasteiger partial charge in [0.1, 0.15) is 5.69 Å². The van der Waals surface area contributed by atoms with E-state index in [-0.39, 0.29) is 4.90 Å². The first-order valence-electron chi connectivity index (χ1n) is 8.49. The van der Waals surface area contributed by atoms with Gasteiger partial charge in [-0.2, -0.15) is 0 Å². The quantitative estimate of drug-likeness (QED) is 0.377. The van der Waals surface area contributed by atoms with Gasteiger partial charge in [0.15, 0.2) is 11.4 Å². The molecule has 2 aromatic carbocycles. The largest absolute Gasteiger partial charge is 0.338 e. The van der Waals surface area contributed by atoms with Crippen LogP contribution in [0, 0.1) is 5.41 Å². The number of anilines is 1. The summed E-state index contributed by atoms with van der Waals surface area (Å²) in [6.07, 6.45) is 2.74. The second-order valence-corrected chi connectivity index (χ2v) is 8.54. The van der Waals surface area contributed by atoms with Crippen molar-refractivity contribution in [3.05, 3.63) is 88.6 Å². The highest BCUT2D eigenvalue weighted by molar-refractivity contribution is 7.89. The molecule has 1 heterocycles.